The standard InChI is InChI=1S/C23H21F4N5O4S/c24-16-3-5-17(6-4-16)28-20-14-19(23(25,26)27)29-22(30-20)31-9-11-32(12-10-31)37(35,36)18-7-1-15(2-8-18)13-21(33)34/h1-8,14H,9-13H2,(H,33,34)(H,28,29,30). The molecule has 0 aliphatic carbocycles. The fourth-order valence-corrected chi connectivity index (χ4v) is 5.12. The molecule has 9 nitrogen and oxygen atoms in total. The number of hydrogen-bond donors (Lipinski definition) is 2. The smallest absolute Gasteiger partial charge is 0.433 e. The van der Waals surface area contributed by atoms with Crippen molar-refractivity contribution in [2.24, 2.45) is 0 Å². The van der Waals surface area contributed by atoms with Crippen LogP contribution in [-0.2, 0) is 27.4 Å². The van der Waals surface area contributed by atoms with E-state index >= 15 is 0 Å². The van der Waals surface area contributed by atoms with Gasteiger partial charge in [0.25, 0.3) is 0 Å². The summed E-state index contributed by atoms with van der Waals surface area (Å²) in [7, 11) is -3.90. The summed E-state index contributed by atoms with van der Waals surface area (Å²) in [5.41, 5.74) is -0.411. The van der Waals surface area contributed by atoms with E-state index < -0.39 is 33.7 Å². The Labute approximate surface area is 209 Å². The molecular formula is C23H21F4N5O4S. The summed E-state index contributed by atoms with van der Waals surface area (Å²) in [6.45, 7) is 0.0142. The lowest BCUT2D eigenvalue weighted by molar-refractivity contribution is -0.141. The maximum atomic E-state index is 13.5. The number of nitrogens with one attached hydrogen (secondary N) is 1. The molecule has 0 unspecified atom stereocenters. The second-order valence-corrected chi connectivity index (χ2v) is 10.1. The van der Waals surface area contributed by atoms with Gasteiger partial charge in [-0.25, -0.2) is 17.8 Å². The van der Waals surface area contributed by atoms with Crippen molar-refractivity contribution in [2.75, 3.05) is 36.4 Å². The maximum absolute atomic E-state index is 13.5. The molecule has 1 aromatic heterocycles. The lowest BCUT2D eigenvalue weighted by Crippen LogP contribution is -2.49. The minimum Gasteiger partial charge on any atom is -0.481 e. The van der Waals surface area contributed by atoms with Gasteiger partial charge in [-0.2, -0.15) is 22.5 Å². The highest BCUT2D eigenvalue weighted by Crippen LogP contribution is 2.31. The van der Waals surface area contributed by atoms with E-state index in [1.165, 1.54) is 45.6 Å². The molecule has 4 rings (SSSR count). The van der Waals surface area contributed by atoms with Crippen molar-refractivity contribution < 1.29 is 35.9 Å². The highest BCUT2D eigenvalue weighted by atomic mass is 32.2. The number of halogens is 4. The van der Waals surface area contributed by atoms with Crippen LogP contribution in [-0.4, -0.2) is 59.9 Å². The van der Waals surface area contributed by atoms with E-state index in [0.29, 0.717) is 11.3 Å². The van der Waals surface area contributed by atoms with Gasteiger partial charge in [0, 0.05) is 37.9 Å². The topological polar surface area (TPSA) is 116 Å². The largest absolute Gasteiger partial charge is 0.481 e. The zero-order valence-electron chi connectivity index (χ0n) is 19.1. The van der Waals surface area contributed by atoms with E-state index in [4.69, 9.17) is 5.11 Å². The van der Waals surface area contributed by atoms with Crippen LogP contribution in [0.15, 0.2) is 59.5 Å². The first kappa shape index (κ1) is 26.3. The first-order valence-electron chi connectivity index (χ1n) is 11.0. The molecule has 0 saturated carbocycles. The number of piperazine rings is 1. The van der Waals surface area contributed by atoms with Crippen LogP contribution in [0.3, 0.4) is 0 Å². The van der Waals surface area contributed by atoms with Gasteiger partial charge in [-0.15, -0.1) is 0 Å². The molecule has 2 N–H and O–H groups in total. The van der Waals surface area contributed by atoms with Gasteiger partial charge in [-0.3, -0.25) is 4.79 Å². The van der Waals surface area contributed by atoms with Gasteiger partial charge in [-0.1, -0.05) is 12.1 Å². The van der Waals surface area contributed by atoms with Crippen LogP contribution in [0, 0.1) is 5.82 Å². The first-order chi connectivity index (χ1) is 17.4. The molecule has 2 aromatic carbocycles. The predicted molar refractivity (Wildman–Crippen MR) is 125 cm³/mol. The average Bonchev–Trinajstić information content (AvgIpc) is 2.85. The summed E-state index contributed by atoms with van der Waals surface area (Å²) < 4.78 is 80.9. The molecule has 1 fully saturated rings. The zero-order valence-corrected chi connectivity index (χ0v) is 19.9. The minimum atomic E-state index is -4.76. The van der Waals surface area contributed by atoms with Gasteiger partial charge in [0.1, 0.15) is 11.6 Å². The monoisotopic (exact) mass is 539 g/mol. The van der Waals surface area contributed by atoms with Crippen LogP contribution in [0.5, 0.6) is 0 Å². The predicted octanol–water partition coefficient (Wildman–Crippen LogP) is 3.52. The number of hydrogen-bond acceptors (Lipinski definition) is 7. The van der Waals surface area contributed by atoms with Crippen molar-refractivity contribution in [2.45, 2.75) is 17.5 Å². The quantitative estimate of drug-likeness (QED) is 0.439. The number of carbonyl (C=O) groups is 1. The Bertz CT molecular complexity index is 1380. The summed E-state index contributed by atoms with van der Waals surface area (Å²) in [4.78, 5) is 20.1. The first-order valence-corrected chi connectivity index (χ1v) is 12.4. The van der Waals surface area contributed by atoms with Crippen molar-refractivity contribution in [3.05, 3.63) is 71.7 Å². The highest BCUT2D eigenvalue weighted by molar-refractivity contribution is 7.89. The molecule has 0 amide bonds. The Morgan fingerprint density at radius 3 is 2.16 bits per heavy atom. The number of anilines is 3. The van der Waals surface area contributed by atoms with E-state index in [0.717, 1.165) is 18.2 Å². The molecule has 37 heavy (non-hydrogen) atoms. The Morgan fingerprint density at radius 1 is 0.973 bits per heavy atom. The van der Waals surface area contributed by atoms with E-state index in [1.54, 1.807) is 0 Å². The molecule has 0 radical (unpaired) electrons. The van der Waals surface area contributed by atoms with Gasteiger partial charge in [0.2, 0.25) is 16.0 Å². The molecule has 0 atom stereocenters. The van der Waals surface area contributed by atoms with Crippen molar-refractivity contribution in [3.63, 3.8) is 0 Å². The van der Waals surface area contributed by atoms with Crippen LogP contribution < -0.4 is 10.2 Å². The Hall–Kier alpha value is -3.78. The molecule has 1 aliphatic heterocycles. The molecule has 3 aromatic rings. The number of nitrogens with zero attached hydrogens (tertiary/aromatic N) is 4. The van der Waals surface area contributed by atoms with Crippen LogP contribution in [0.25, 0.3) is 0 Å². The van der Waals surface area contributed by atoms with E-state index in [1.807, 2.05) is 0 Å². The summed E-state index contributed by atoms with van der Waals surface area (Å²) in [6.07, 6.45) is -5.00. The third-order valence-electron chi connectivity index (χ3n) is 5.56. The SMILES string of the molecule is O=C(O)Cc1ccc(S(=O)(=O)N2CCN(c3nc(Nc4ccc(F)cc4)cc(C(F)(F)F)n3)CC2)cc1. The second-order valence-electron chi connectivity index (χ2n) is 8.17. The Balaban J connectivity index is 1.51. The van der Waals surface area contributed by atoms with E-state index in [2.05, 4.69) is 15.3 Å². The number of carboxylic acids is 1. The third kappa shape index (κ3) is 6.32. The average molecular weight is 540 g/mol. The summed E-state index contributed by atoms with van der Waals surface area (Å²) >= 11 is 0. The van der Waals surface area contributed by atoms with Crippen LogP contribution in [0.4, 0.5) is 35.0 Å². The van der Waals surface area contributed by atoms with E-state index in [9.17, 15) is 30.8 Å². The fraction of sp³-hybridized carbons (Fsp3) is 0.261. The molecule has 2 heterocycles. The highest BCUT2D eigenvalue weighted by Gasteiger charge is 2.35. The fourth-order valence-electron chi connectivity index (χ4n) is 3.70. The lowest BCUT2D eigenvalue weighted by Gasteiger charge is -2.34. The van der Waals surface area contributed by atoms with Gasteiger partial charge < -0.3 is 15.3 Å². The van der Waals surface area contributed by atoms with Crippen LogP contribution >= 0.6 is 0 Å². The molecular weight excluding hydrogens is 518 g/mol. The summed E-state index contributed by atoms with van der Waals surface area (Å²) in [5.74, 6) is -1.93. The number of aromatic nitrogens is 2. The molecule has 14 heteroatoms. The zero-order chi connectivity index (χ0) is 26.8. The molecule has 0 spiro atoms. The van der Waals surface area contributed by atoms with Crippen LogP contribution in [0.2, 0.25) is 0 Å². The van der Waals surface area contributed by atoms with Crippen molar-refractivity contribution >= 4 is 33.4 Å². The Kier molecular flexibility index (Phi) is 7.32. The molecule has 1 aliphatic rings. The number of rotatable bonds is 7. The van der Waals surface area contributed by atoms with Gasteiger partial charge in [0.05, 0.1) is 11.3 Å². The number of benzene rings is 2. The molecule has 1 saturated heterocycles. The lowest BCUT2D eigenvalue weighted by atomic mass is 10.2. The van der Waals surface area contributed by atoms with Crippen molar-refractivity contribution in [3.8, 4) is 0 Å². The number of sulfonamides is 1. The maximum Gasteiger partial charge on any atom is 0.433 e. The number of alkyl halides is 3. The van der Waals surface area contributed by atoms with Crippen LogP contribution in [0.1, 0.15) is 11.3 Å². The second kappa shape index (κ2) is 10.3. The normalized spacial score (nSPS) is 15.0. The van der Waals surface area contributed by atoms with E-state index in [-0.39, 0.29) is 49.3 Å². The van der Waals surface area contributed by atoms with Gasteiger partial charge in [0.15, 0.2) is 5.69 Å². The Morgan fingerprint density at radius 2 is 1.59 bits per heavy atom. The summed E-state index contributed by atoms with van der Waals surface area (Å²) in [6, 6.07) is 11.2. The summed E-state index contributed by atoms with van der Waals surface area (Å²) in [5, 5.41) is 11.6. The third-order valence-corrected chi connectivity index (χ3v) is 7.47. The van der Waals surface area contributed by atoms with Crippen molar-refractivity contribution in [1.29, 1.82) is 0 Å². The number of carboxylic acid groups (broad SMARTS) is 1. The van der Waals surface area contributed by atoms with Crippen molar-refractivity contribution in [1.82, 2.24) is 14.3 Å². The minimum absolute atomic E-state index is 0.0174. The number of aliphatic carboxylic acids is 1. The molecule has 196 valence electrons. The van der Waals surface area contributed by atoms with Gasteiger partial charge >= 0.3 is 12.1 Å². The van der Waals surface area contributed by atoms with Gasteiger partial charge in [-0.05, 0) is 42.0 Å². The molecule has 0 bridgehead atoms.